The van der Waals surface area contributed by atoms with Gasteiger partial charge in [-0.1, -0.05) is 12.1 Å². The largest absolute Gasteiger partial charge is 0.346 e. The second-order valence-electron chi connectivity index (χ2n) is 7.80. The first-order chi connectivity index (χ1) is 14.4. The van der Waals surface area contributed by atoms with Crippen LogP contribution in [0.4, 0.5) is 0 Å². The van der Waals surface area contributed by atoms with Gasteiger partial charge in [-0.2, -0.15) is 9.19 Å². The Morgan fingerprint density at radius 2 is 1.97 bits per heavy atom. The lowest BCUT2D eigenvalue weighted by Crippen LogP contribution is -2.26. The van der Waals surface area contributed by atoms with E-state index in [0.29, 0.717) is 0 Å². The fraction of sp³-hybridized carbons (Fsp3) is 0.273. The molecule has 1 aliphatic heterocycles. The zero-order valence-electron chi connectivity index (χ0n) is 17.0. The number of nitrogens with zero attached hydrogens (tertiary/aromatic N) is 4. The van der Waals surface area contributed by atoms with Gasteiger partial charge in [0.1, 0.15) is 5.65 Å². The standard InChI is InChI=1S/C22H23N5O2S/c1-3-30(28,29)27-14-19(11-25-27)21-12-24-22-20(21)9-17(10-23-22)16-5-4-15-6-7-26(2)13-18(15)8-16/h4-5,8-12,14H,3,6-7,13H2,1-2H3,(H,23,24). The van der Waals surface area contributed by atoms with Crippen molar-refractivity contribution in [2.75, 3.05) is 19.3 Å². The lowest BCUT2D eigenvalue weighted by Gasteiger charge is -2.25. The molecule has 0 radical (unpaired) electrons. The normalized spacial score (nSPS) is 14.9. The fourth-order valence-electron chi connectivity index (χ4n) is 4.01. The Labute approximate surface area is 175 Å². The van der Waals surface area contributed by atoms with Gasteiger partial charge in [-0.15, -0.1) is 0 Å². The summed E-state index contributed by atoms with van der Waals surface area (Å²) >= 11 is 0. The van der Waals surface area contributed by atoms with Gasteiger partial charge in [0.25, 0.3) is 10.0 Å². The first-order valence-corrected chi connectivity index (χ1v) is 11.6. The predicted molar refractivity (Wildman–Crippen MR) is 118 cm³/mol. The number of benzene rings is 1. The summed E-state index contributed by atoms with van der Waals surface area (Å²) < 4.78 is 25.2. The summed E-state index contributed by atoms with van der Waals surface area (Å²) in [6, 6.07) is 8.74. The number of likely N-dealkylation sites (N-methyl/N-ethyl adjacent to an activating group) is 1. The third kappa shape index (κ3) is 3.22. The van der Waals surface area contributed by atoms with Crippen LogP contribution in [-0.4, -0.2) is 51.8 Å². The molecule has 0 bridgehead atoms. The number of fused-ring (bicyclic) bond motifs is 2. The number of pyridine rings is 1. The van der Waals surface area contributed by atoms with E-state index in [1.54, 1.807) is 19.3 Å². The van der Waals surface area contributed by atoms with Crippen molar-refractivity contribution >= 4 is 21.1 Å². The van der Waals surface area contributed by atoms with Crippen LogP contribution in [0.3, 0.4) is 0 Å². The van der Waals surface area contributed by atoms with Gasteiger partial charge in [0, 0.05) is 47.6 Å². The zero-order valence-corrected chi connectivity index (χ0v) is 17.8. The van der Waals surface area contributed by atoms with Crippen molar-refractivity contribution in [1.29, 1.82) is 0 Å². The van der Waals surface area contributed by atoms with E-state index in [9.17, 15) is 8.42 Å². The average Bonchev–Trinajstić information content (AvgIpc) is 3.40. The molecular weight excluding hydrogens is 398 g/mol. The van der Waals surface area contributed by atoms with E-state index in [4.69, 9.17) is 0 Å². The van der Waals surface area contributed by atoms with Crippen molar-refractivity contribution in [3.63, 3.8) is 0 Å². The molecule has 154 valence electrons. The van der Waals surface area contributed by atoms with Crippen molar-refractivity contribution in [2.24, 2.45) is 0 Å². The third-order valence-electron chi connectivity index (χ3n) is 5.79. The number of H-pyrrole nitrogens is 1. The number of rotatable bonds is 4. The minimum absolute atomic E-state index is 0.00122. The van der Waals surface area contributed by atoms with Crippen molar-refractivity contribution in [3.05, 3.63) is 60.2 Å². The number of hydrogen-bond acceptors (Lipinski definition) is 5. The highest BCUT2D eigenvalue weighted by Gasteiger charge is 2.17. The molecule has 8 heteroatoms. The first-order valence-electron chi connectivity index (χ1n) is 10.0. The lowest BCUT2D eigenvalue weighted by atomic mass is 9.95. The smallest absolute Gasteiger partial charge is 0.253 e. The van der Waals surface area contributed by atoms with Crippen molar-refractivity contribution < 1.29 is 8.42 Å². The van der Waals surface area contributed by atoms with Crippen molar-refractivity contribution in [2.45, 2.75) is 19.9 Å². The highest BCUT2D eigenvalue weighted by atomic mass is 32.2. The van der Waals surface area contributed by atoms with Gasteiger partial charge >= 0.3 is 0 Å². The third-order valence-corrected chi connectivity index (χ3v) is 7.29. The van der Waals surface area contributed by atoms with E-state index >= 15 is 0 Å². The minimum atomic E-state index is -3.41. The van der Waals surface area contributed by atoms with Gasteiger partial charge in [0.2, 0.25) is 0 Å². The summed E-state index contributed by atoms with van der Waals surface area (Å²) in [4.78, 5) is 10.1. The molecule has 0 unspecified atom stereocenters. The summed E-state index contributed by atoms with van der Waals surface area (Å²) in [5.74, 6) is 0.00122. The van der Waals surface area contributed by atoms with E-state index in [0.717, 1.165) is 56.9 Å². The molecule has 4 aromatic rings. The Morgan fingerprint density at radius 3 is 2.80 bits per heavy atom. The van der Waals surface area contributed by atoms with Gasteiger partial charge in [-0.3, -0.25) is 0 Å². The van der Waals surface area contributed by atoms with Crippen LogP contribution in [-0.2, 0) is 23.0 Å². The van der Waals surface area contributed by atoms with Crippen molar-refractivity contribution in [1.82, 2.24) is 24.1 Å². The molecule has 30 heavy (non-hydrogen) atoms. The van der Waals surface area contributed by atoms with Gasteiger partial charge < -0.3 is 9.88 Å². The van der Waals surface area contributed by atoms with E-state index in [-0.39, 0.29) is 5.75 Å². The summed E-state index contributed by atoms with van der Waals surface area (Å²) in [6.07, 6.45) is 7.95. The SMILES string of the molecule is CCS(=O)(=O)n1cc(-c2c[nH]c3ncc(-c4ccc5c(c4)CN(C)CC5)cc23)cn1. The second kappa shape index (κ2) is 7.07. The second-order valence-corrected chi connectivity index (χ2v) is 9.91. The molecule has 5 rings (SSSR count). The molecule has 0 amide bonds. The summed E-state index contributed by atoms with van der Waals surface area (Å²) in [5, 5.41) is 4.99. The van der Waals surface area contributed by atoms with Crippen LogP contribution >= 0.6 is 0 Å². The van der Waals surface area contributed by atoms with E-state index in [1.165, 1.54) is 11.1 Å². The summed E-state index contributed by atoms with van der Waals surface area (Å²) in [5.41, 5.74) is 7.33. The quantitative estimate of drug-likeness (QED) is 0.547. The van der Waals surface area contributed by atoms with Crippen LogP contribution in [0.15, 0.2) is 49.1 Å². The number of hydrogen-bond donors (Lipinski definition) is 1. The molecule has 0 aliphatic carbocycles. The Bertz CT molecular complexity index is 1350. The van der Waals surface area contributed by atoms with Crippen molar-refractivity contribution in [3.8, 4) is 22.3 Å². The van der Waals surface area contributed by atoms with Gasteiger partial charge in [0.15, 0.2) is 0 Å². The molecule has 1 aromatic carbocycles. The molecule has 0 spiro atoms. The maximum absolute atomic E-state index is 12.1. The highest BCUT2D eigenvalue weighted by Crippen LogP contribution is 2.32. The first kappa shape index (κ1) is 19.0. The Hall–Kier alpha value is -2.97. The number of nitrogens with one attached hydrogen (secondary N) is 1. The summed E-state index contributed by atoms with van der Waals surface area (Å²) in [6.45, 7) is 3.66. The molecule has 1 N–H and O–H groups in total. The van der Waals surface area contributed by atoms with E-state index in [2.05, 4.69) is 51.3 Å². The Kier molecular flexibility index (Phi) is 4.48. The molecular formula is C22H23N5O2S. The molecule has 3 aromatic heterocycles. The minimum Gasteiger partial charge on any atom is -0.346 e. The van der Waals surface area contributed by atoms with Gasteiger partial charge in [0.05, 0.1) is 18.1 Å². The molecule has 0 saturated heterocycles. The van der Waals surface area contributed by atoms with E-state index < -0.39 is 10.0 Å². The Morgan fingerprint density at radius 1 is 1.10 bits per heavy atom. The monoisotopic (exact) mass is 421 g/mol. The van der Waals surface area contributed by atoms with Crippen LogP contribution in [0.5, 0.6) is 0 Å². The predicted octanol–water partition coefficient (Wildman–Crippen LogP) is 3.28. The van der Waals surface area contributed by atoms with Crippen LogP contribution in [0.2, 0.25) is 0 Å². The molecule has 0 fully saturated rings. The average molecular weight is 422 g/mol. The number of aromatic amines is 1. The molecule has 4 heterocycles. The molecule has 1 aliphatic rings. The topological polar surface area (TPSA) is 83.9 Å². The maximum atomic E-state index is 12.1. The lowest BCUT2D eigenvalue weighted by molar-refractivity contribution is 0.313. The highest BCUT2D eigenvalue weighted by molar-refractivity contribution is 7.89. The molecule has 0 atom stereocenters. The number of aromatic nitrogens is 4. The van der Waals surface area contributed by atoms with Gasteiger partial charge in [-0.25, -0.2) is 13.4 Å². The maximum Gasteiger partial charge on any atom is 0.253 e. The molecule has 7 nitrogen and oxygen atoms in total. The van der Waals surface area contributed by atoms with Crippen LogP contribution in [0.1, 0.15) is 18.1 Å². The Balaban J connectivity index is 1.57. The van der Waals surface area contributed by atoms with E-state index in [1.807, 2.05) is 12.4 Å². The van der Waals surface area contributed by atoms with Gasteiger partial charge in [-0.05, 0) is 49.2 Å². The van der Waals surface area contributed by atoms with Crippen LogP contribution < -0.4 is 0 Å². The summed E-state index contributed by atoms with van der Waals surface area (Å²) in [7, 11) is -1.26. The zero-order chi connectivity index (χ0) is 20.9. The van der Waals surface area contributed by atoms with Crippen LogP contribution in [0.25, 0.3) is 33.3 Å². The fourth-order valence-corrected chi connectivity index (χ4v) is 4.74. The van der Waals surface area contributed by atoms with Crippen LogP contribution in [0, 0.1) is 0 Å². The molecule has 0 saturated carbocycles.